The van der Waals surface area contributed by atoms with Gasteiger partial charge in [0.15, 0.2) is 0 Å². The number of halogens is 1. The maximum absolute atomic E-state index is 5.79. The Hall–Kier alpha value is -0.580. The zero-order chi connectivity index (χ0) is 10.4. The van der Waals surface area contributed by atoms with Gasteiger partial charge in [0.2, 0.25) is 0 Å². The highest BCUT2D eigenvalue weighted by atomic mass is 79.9. The van der Waals surface area contributed by atoms with Gasteiger partial charge in [-0.1, -0.05) is 22.0 Å². The molecule has 14 heavy (non-hydrogen) atoms. The number of rotatable bonds is 5. The van der Waals surface area contributed by atoms with Crippen LogP contribution in [0.15, 0.2) is 22.7 Å². The molecule has 0 heterocycles. The van der Waals surface area contributed by atoms with Crippen LogP contribution in [0.3, 0.4) is 0 Å². The van der Waals surface area contributed by atoms with Gasteiger partial charge in [0, 0.05) is 22.8 Å². The van der Waals surface area contributed by atoms with E-state index in [4.69, 9.17) is 15.2 Å². The lowest BCUT2D eigenvalue weighted by molar-refractivity contribution is 0.0619. The quantitative estimate of drug-likeness (QED) is 0.652. The van der Waals surface area contributed by atoms with Crippen LogP contribution in [0.1, 0.15) is 5.56 Å². The van der Waals surface area contributed by atoms with Crippen molar-refractivity contribution in [2.45, 2.75) is 6.61 Å². The number of ether oxygens (including phenoxy) is 2. The molecule has 0 amide bonds. The van der Waals surface area contributed by atoms with Crippen LogP contribution < -0.4 is 5.73 Å². The fourth-order valence-corrected chi connectivity index (χ4v) is 1.40. The average Bonchev–Trinajstić information content (AvgIpc) is 2.15. The third kappa shape index (κ3) is 3.65. The lowest BCUT2D eigenvalue weighted by atomic mass is 10.2. The second-order valence-corrected chi connectivity index (χ2v) is 3.80. The Morgan fingerprint density at radius 1 is 1.36 bits per heavy atom. The first kappa shape index (κ1) is 11.5. The molecule has 2 N–H and O–H groups in total. The summed E-state index contributed by atoms with van der Waals surface area (Å²) in [5.74, 6) is 0. The summed E-state index contributed by atoms with van der Waals surface area (Å²) in [5, 5.41) is 0. The molecular weight excluding hydrogens is 246 g/mol. The van der Waals surface area contributed by atoms with Gasteiger partial charge in [-0.15, -0.1) is 0 Å². The number of methoxy groups -OCH3 is 1. The molecular formula is C10H14BrNO2. The van der Waals surface area contributed by atoms with Gasteiger partial charge in [0.1, 0.15) is 0 Å². The van der Waals surface area contributed by atoms with Gasteiger partial charge in [-0.3, -0.25) is 0 Å². The van der Waals surface area contributed by atoms with Crippen LogP contribution >= 0.6 is 15.9 Å². The predicted octanol–water partition coefficient (Wildman–Crippen LogP) is 2.19. The molecule has 1 aromatic carbocycles. The summed E-state index contributed by atoms with van der Waals surface area (Å²) in [6, 6.07) is 5.77. The molecule has 0 atom stereocenters. The largest absolute Gasteiger partial charge is 0.398 e. The number of anilines is 1. The lowest BCUT2D eigenvalue weighted by Crippen LogP contribution is -2.03. The molecule has 1 aromatic rings. The second kappa shape index (κ2) is 6.01. The zero-order valence-corrected chi connectivity index (χ0v) is 9.71. The molecule has 1 rings (SSSR count). The Morgan fingerprint density at radius 3 is 2.79 bits per heavy atom. The van der Waals surface area contributed by atoms with Crippen molar-refractivity contribution < 1.29 is 9.47 Å². The zero-order valence-electron chi connectivity index (χ0n) is 8.13. The third-order valence-electron chi connectivity index (χ3n) is 1.80. The Morgan fingerprint density at radius 2 is 2.14 bits per heavy atom. The molecule has 0 saturated heterocycles. The third-order valence-corrected chi connectivity index (χ3v) is 2.29. The summed E-state index contributed by atoms with van der Waals surface area (Å²) in [7, 11) is 1.65. The fourth-order valence-electron chi connectivity index (χ4n) is 1.02. The number of benzene rings is 1. The van der Waals surface area contributed by atoms with E-state index in [1.807, 2.05) is 18.2 Å². The molecule has 0 aromatic heterocycles. The van der Waals surface area contributed by atoms with Gasteiger partial charge in [0.05, 0.1) is 19.8 Å². The molecule has 0 unspecified atom stereocenters. The summed E-state index contributed by atoms with van der Waals surface area (Å²) in [6.07, 6.45) is 0. The number of nitrogens with two attached hydrogens (primary N) is 1. The maximum atomic E-state index is 5.79. The van der Waals surface area contributed by atoms with Gasteiger partial charge in [-0.05, 0) is 12.1 Å². The van der Waals surface area contributed by atoms with E-state index in [-0.39, 0.29) is 0 Å². The lowest BCUT2D eigenvalue weighted by Gasteiger charge is -2.06. The van der Waals surface area contributed by atoms with Crippen LogP contribution in [0.4, 0.5) is 5.69 Å². The summed E-state index contributed by atoms with van der Waals surface area (Å²) in [4.78, 5) is 0. The predicted molar refractivity (Wildman–Crippen MR) is 60.1 cm³/mol. The maximum Gasteiger partial charge on any atom is 0.0738 e. The van der Waals surface area contributed by atoms with Crippen LogP contribution in [-0.4, -0.2) is 20.3 Å². The van der Waals surface area contributed by atoms with Crippen LogP contribution in [0, 0.1) is 0 Å². The molecule has 0 aliphatic carbocycles. The first-order valence-electron chi connectivity index (χ1n) is 4.34. The molecule has 78 valence electrons. The second-order valence-electron chi connectivity index (χ2n) is 2.89. The highest BCUT2D eigenvalue weighted by molar-refractivity contribution is 9.10. The minimum atomic E-state index is 0.530. The Labute approximate surface area is 92.3 Å². The first-order valence-corrected chi connectivity index (χ1v) is 5.14. The van der Waals surface area contributed by atoms with E-state index in [1.54, 1.807) is 7.11 Å². The van der Waals surface area contributed by atoms with Crippen LogP contribution in [0.25, 0.3) is 0 Å². The fraction of sp³-hybridized carbons (Fsp3) is 0.400. The highest BCUT2D eigenvalue weighted by Gasteiger charge is 1.99. The molecule has 0 aliphatic rings. The van der Waals surface area contributed by atoms with E-state index < -0.39 is 0 Å². The minimum absolute atomic E-state index is 0.530. The van der Waals surface area contributed by atoms with Gasteiger partial charge < -0.3 is 15.2 Å². The van der Waals surface area contributed by atoms with Gasteiger partial charge in [-0.25, -0.2) is 0 Å². The standard InChI is InChI=1S/C10H14BrNO2/c1-13-4-5-14-7-8-2-3-9(11)6-10(8)12/h2-3,6H,4-5,7,12H2,1H3. The molecule has 0 radical (unpaired) electrons. The van der Waals surface area contributed by atoms with Crippen molar-refractivity contribution in [3.05, 3.63) is 28.2 Å². The topological polar surface area (TPSA) is 44.5 Å². The minimum Gasteiger partial charge on any atom is -0.398 e. The van der Waals surface area contributed by atoms with Crippen molar-refractivity contribution in [3.63, 3.8) is 0 Å². The summed E-state index contributed by atoms with van der Waals surface area (Å²) in [5.41, 5.74) is 7.55. The SMILES string of the molecule is COCCOCc1ccc(Br)cc1N. The molecule has 4 heteroatoms. The smallest absolute Gasteiger partial charge is 0.0738 e. The number of nitrogen functional groups attached to an aromatic ring is 1. The van der Waals surface area contributed by atoms with E-state index in [2.05, 4.69) is 15.9 Å². The Bertz CT molecular complexity index is 291. The van der Waals surface area contributed by atoms with E-state index in [0.717, 1.165) is 15.7 Å². The van der Waals surface area contributed by atoms with Crippen LogP contribution in [0.2, 0.25) is 0 Å². The Balaban J connectivity index is 2.42. The van der Waals surface area contributed by atoms with E-state index in [9.17, 15) is 0 Å². The van der Waals surface area contributed by atoms with Crippen molar-refractivity contribution in [2.75, 3.05) is 26.1 Å². The van der Waals surface area contributed by atoms with Gasteiger partial charge in [-0.2, -0.15) is 0 Å². The van der Waals surface area contributed by atoms with Crippen molar-refractivity contribution in [3.8, 4) is 0 Å². The summed E-state index contributed by atoms with van der Waals surface area (Å²) < 4.78 is 11.2. The van der Waals surface area contributed by atoms with Crippen molar-refractivity contribution in [2.24, 2.45) is 0 Å². The van der Waals surface area contributed by atoms with Gasteiger partial charge >= 0.3 is 0 Å². The summed E-state index contributed by atoms with van der Waals surface area (Å²) in [6.45, 7) is 1.73. The number of hydrogen-bond donors (Lipinski definition) is 1. The molecule has 0 fully saturated rings. The molecule has 0 aliphatic heterocycles. The van der Waals surface area contributed by atoms with Crippen molar-refractivity contribution in [1.82, 2.24) is 0 Å². The normalized spacial score (nSPS) is 10.4. The van der Waals surface area contributed by atoms with Gasteiger partial charge in [0.25, 0.3) is 0 Å². The summed E-state index contributed by atoms with van der Waals surface area (Å²) >= 11 is 3.35. The van der Waals surface area contributed by atoms with E-state index in [1.165, 1.54) is 0 Å². The van der Waals surface area contributed by atoms with E-state index >= 15 is 0 Å². The average molecular weight is 260 g/mol. The van der Waals surface area contributed by atoms with Crippen LogP contribution in [0.5, 0.6) is 0 Å². The van der Waals surface area contributed by atoms with Crippen molar-refractivity contribution in [1.29, 1.82) is 0 Å². The molecule has 0 bridgehead atoms. The molecule has 3 nitrogen and oxygen atoms in total. The molecule has 0 saturated carbocycles. The van der Waals surface area contributed by atoms with Crippen LogP contribution in [-0.2, 0) is 16.1 Å². The monoisotopic (exact) mass is 259 g/mol. The molecule has 0 spiro atoms. The first-order chi connectivity index (χ1) is 6.74. The highest BCUT2D eigenvalue weighted by Crippen LogP contribution is 2.18. The van der Waals surface area contributed by atoms with E-state index in [0.29, 0.717) is 19.8 Å². The van der Waals surface area contributed by atoms with Crippen molar-refractivity contribution >= 4 is 21.6 Å². The number of hydrogen-bond acceptors (Lipinski definition) is 3. The Kier molecular flexibility index (Phi) is 4.93.